The fourth-order valence-electron chi connectivity index (χ4n) is 0.754. The Morgan fingerprint density at radius 2 is 2.23 bits per heavy atom. The Morgan fingerprint density at radius 1 is 1.62 bits per heavy atom. The number of nitrogens with zero attached hydrogens (tertiary/aromatic N) is 2. The minimum Gasteiger partial charge on any atom is -0.258 e. The van der Waals surface area contributed by atoms with E-state index in [0.717, 1.165) is 12.3 Å². The molecule has 0 N–H and O–H groups in total. The van der Waals surface area contributed by atoms with Crippen LogP contribution in [0.25, 0.3) is 0 Å². The molecule has 0 saturated heterocycles. The molecule has 7 heteroatoms. The average molecular weight is 209 g/mol. The van der Waals surface area contributed by atoms with Crippen LogP contribution in [0, 0.1) is 10.1 Å². The van der Waals surface area contributed by atoms with Crippen molar-refractivity contribution in [3.05, 3.63) is 33.1 Å². The monoisotopic (exact) mass is 208 g/mol. The lowest BCUT2D eigenvalue weighted by Crippen LogP contribution is -1.98. The second kappa shape index (κ2) is 3.61. The maximum atomic E-state index is 12.1. The number of aromatic nitrogens is 1. The van der Waals surface area contributed by atoms with Crippen molar-refractivity contribution >= 4 is 17.3 Å². The molecule has 0 aliphatic heterocycles. The van der Waals surface area contributed by atoms with Crippen molar-refractivity contribution in [3.63, 3.8) is 0 Å². The predicted molar refractivity (Wildman–Crippen MR) is 40.9 cm³/mol. The van der Waals surface area contributed by atoms with Gasteiger partial charge in [0.05, 0.1) is 9.95 Å². The first-order valence-electron chi connectivity index (χ1n) is 3.10. The summed E-state index contributed by atoms with van der Waals surface area (Å²) in [6, 6.07) is 0.843. The standard InChI is InChI=1S/C6H3ClF2N2O2/c7-3-1-4(11(12)13)5(6(8)9)10-2-3/h1-2,6H. The number of alkyl halides is 2. The molecule has 1 rings (SSSR count). The van der Waals surface area contributed by atoms with Gasteiger partial charge in [-0.15, -0.1) is 0 Å². The van der Waals surface area contributed by atoms with E-state index in [0.29, 0.717) is 0 Å². The van der Waals surface area contributed by atoms with Gasteiger partial charge in [-0.2, -0.15) is 0 Å². The van der Waals surface area contributed by atoms with Crippen LogP contribution < -0.4 is 0 Å². The van der Waals surface area contributed by atoms with Gasteiger partial charge in [0.25, 0.3) is 12.1 Å². The SMILES string of the molecule is O=[N+]([O-])c1cc(Cl)cnc1C(F)F. The molecule has 0 bridgehead atoms. The molecule has 1 aromatic rings. The fraction of sp³-hybridized carbons (Fsp3) is 0.167. The molecule has 0 saturated carbocycles. The van der Waals surface area contributed by atoms with Gasteiger partial charge >= 0.3 is 0 Å². The Hall–Kier alpha value is -1.30. The van der Waals surface area contributed by atoms with Crippen LogP contribution in [0.5, 0.6) is 0 Å². The molecule has 0 fully saturated rings. The van der Waals surface area contributed by atoms with Gasteiger partial charge < -0.3 is 0 Å². The number of hydrogen-bond donors (Lipinski definition) is 0. The highest BCUT2D eigenvalue weighted by Crippen LogP contribution is 2.28. The van der Waals surface area contributed by atoms with E-state index in [1.54, 1.807) is 0 Å². The number of nitro groups is 1. The molecule has 0 radical (unpaired) electrons. The van der Waals surface area contributed by atoms with Gasteiger partial charge in [0.1, 0.15) is 0 Å². The molecule has 1 heterocycles. The zero-order chi connectivity index (χ0) is 10.0. The van der Waals surface area contributed by atoms with Gasteiger partial charge in [-0.3, -0.25) is 10.1 Å². The van der Waals surface area contributed by atoms with Gasteiger partial charge in [-0.05, 0) is 0 Å². The Bertz CT molecular complexity index is 345. The normalized spacial score (nSPS) is 10.5. The van der Waals surface area contributed by atoms with Crippen molar-refractivity contribution in [2.75, 3.05) is 0 Å². The van der Waals surface area contributed by atoms with Crippen molar-refractivity contribution in [1.82, 2.24) is 4.98 Å². The molecular formula is C6H3ClF2N2O2. The largest absolute Gasteiger partial charge is 0.298 e. The van der Waals surface area contributed by atoms with Gasteiger partial charge in [0.15, 0.2) is 5.69 Å². The Balaban J connectivity index is 3.27. The third-order valence-electron chi connectivity index (χ3n) is 1.27. The molecule has 0 spiro atoms. The van der Waals surface area contributed by atoms with Crippen molar-refractivity contribution in [2.45, 2.75) is 6.43 Å². The van der Waals surface area contributed by atoms with Crippen LogP contribution >= 0.6 is 11.6 Å². The summed E-state index contributed by atoms with van der Waals surface area (Å²) in [5.74, 6) is 0. The Morgan fingerprint density at radius 3 is 2.69 bits per heavy atom. The number of rotatable bonds is 2. The topological polar surface area (TPSA) is 56.0 Å². The van der Waals surface area contributed by atoms with E-state index in [1.165, 1.54) is 0 Å². The van der Waals surface area contributed by atoms with Crippen molar-refractivity contribution in [1.29, 1.82) is 0 Å². The summed E-state index contributed by atoms with van der Waals surface area (Å²) in [5.41, 5.74) is -1.63. The lowest BCUT2D eigenvalue weighted by atomic mass is 10.3. The van der Waals surface area contributed by atoms with E-state index in [4.69, 9.17) is 11.6 Å². The summed E-state index contributed by atoms with van der Waals surface area (Å²) in [5, 5.41) is 10.2. The zero-order valence-electron chi connectivity index (χ0n) is 6.08. The first kappa shape index (κ1) is 9.79. The molecule has 13 heavy (non-hydrogen) atoms. The molecule has 0 aromatic carbocycles. The molecule has 0 unspecified atom stereocenters. The Kier molecular flexibility index (Phi) is 2.72. The van der Waals surface area contributed by atoms with Crippen LogP contribution in [0.3, 0.4) is 0 Å². The van der Waals surface area contributed by atoms with Gasteiger partial charge in [-0.1, -0.05) is 11.6 Å². The molecule has 1 aromatic heterocycles. The van der Waals surface area contributed by atoms with Crippen LogP contribution in [0.4, 0.5) is 14.5 Å². The summed E-state index contributed by atoms with van der Waals surface area (Å²) in [7, 11) is 0. The highest BCUT2D eigenvalue weighted by Gasteiger charge is 2.23. The molecule has 70 valence electrons. The van der Waals surface area contributed by atoms with E-state index in [2.05, 4.69) is 4.98 Å². The van der Waals surface area contributed by atoms with Crippen molar-refractivity contribution < 1.29 is 13.7 Å². The van der Waals surface area contributed by atoms with Gasteiger partial charge in [0, 0.05) is 12.3 Å². The number of halogens is 3. The van der Waals surface area contributed by atoms with Gasteiger partial charge in [-0.25, -0.2) is 13.8 Å². The first-order valence-corrected chi connectivity index (χ1v) is 3.48. The van der Waals surface area contributed by atoms with E-state index in [9.17, 15) is 18.9 Å². The second-order valence-corrected chi connectivity index (χ2v) is 2.55. The molecule has 0 aliphatic carbocycles. The van der Waals surface area contributed by atoms with Crippen LogP contribution in [-0.4, -0.2) is 9.91 Å². The van der Waals surface area contributed by atoms with E-state index < -0.39 is 22.7 Å². The highest BCUT2D eigenvalue weighted by molar-refractivity contribution is 6.30. The minimum absolute atomic E-state index is 0.0453. The van der Waals surface area contributed by atoms with E-state index >= 15 is 0 Å². The quantitative estimate of drug-likeness (QED) is 0.554. The molecule has 4 nitrogen and oxygen atoms in total. The predicted octanol–water partition coefficient (Wildman–Crippen LogP) is 2.58. The summed E-state index contributed by atoms with van der Waals surface area (Å²) >= 11 is 5.35. The maximum absolute atomic E-state index is 12.1. The zero-order valence-corrected chi connectivity index (χ0v) is 6.83. The van der Waals surface area contributed by atoms with Crippen molar-refractivity contribution in [3.8, 4) is 0 Å². The molecular weight excluding hydrogens is 206 g/mol. The summed E-state index contributed by atoms with van der Waals surface area (Å²) in [4.78, 5) is 12.5. The lowest BCUT2D eigenvalue weighted by Gasteiger charge is -1.99. The lowest BCUT2D eigenvalue weighted by molar-refractivity contribution is -0.386. The molecule has 0 amide bonds. The average Bonchev–Trinajstić information content (AvgIpc) is 2.03. The maximum Gasteiger partial charge on any atom is 0.298 e. The first-order chi connectivity index (χ1) is 6.02. The van der Waals surface area contributed by atoms with E-state index in [-0.39, 0.29) is 5.02 Å². The van der Waals surface area contributed by atoms with Crippen LogP contribution in [0.1, 0.15) is 12.1 Å². The Labute approximate surface area is 76.3 Å². The number of pyridine rings is 1. The summed E-state index contributed by atoms with van der Waals surface area (Å²) in [6.07, 6.45) is -2.03. The molecule has 0 aliphatic rings. The fourth-order valence-corrected chi connectivity index (χ4v) is 0.906. The summed E-state index contributed by atoms with van der Waals surface area (Å²) in [6.45, 7) is 0. The van der Waals surface area contributed by atoms with Crippen LogP contribution in [0.2, 0.25) is 5.02 Å². The van der Waals surface area contributed by atoms with Crippen LogP contribution in [-0.2, 0) is 0 Å². The third-order valence-corrected chi connectivity index (χ3v) is 1.47. The minimum atomic E-state index is -2.97. The second-order valence-electron chi connectivity index (χ2n) is 2.12. The van der Waals surface area contributed by atoms with Gasteiger partial charge in [0.2, 0.25) is 0 Å². The van der Waals surface area contributed by atoms with Crippen LogP contribution in [0.15, 0.2) is 12.3 Å². The highest BCUT2D eigenvalue weighted by atomic mass is 35.5. The van der Waals surface area contributed by atoms with Crippen molar-refractivity contribution in [2.24, 2.45) is 0 Å². The summed E-state index contributed by atoms with van der Waals surface area (Å²) < 4.78 is 24.2. The smallest absolute Gasteiger partial charge is 0.258 e. The van der Waals surface area contributed by atoms with E-state index in [1.807, 2.05) is 0 Å². The number of hydrogen-bond acceptors (Lipinski definition) is 3. The molecule has 0 atom stereocenters. The third kappa shape index (κ3) is 2.09.